The Balaban J connectivity index is 1.82. The maximum atomic E-state index is 9.70. The van der Waals surface area contributed by atoms with Crippen molar-refractivity contribution in [1.29, 1.82) is 0 Å². The molecular formula is C21H34O. The van der Waals surface area contributed by atoms with Crippen LogP contribution in [-0.4, -0.2) is 5.11 Å². The molecule has 1 N–H and O–H groups in total. The molecule has 0 aromatic heterocycles. The molecule has 0 aliphatic rings. The van der Waals surface area contributed by atoms with Crippen LogP contribution in [0.15, 0.2) is 36.9 Å². The van der Waals surface area contributed by atoms with Crippen molar-refractivity contribution in [1.82, 2.24) is 0 Å². The number of para-hydroxylation sites is 1. The molecular weight excluding hydrogens is 268 g/mol. The molecule has 0 saturated carbocycles. The van der Waals surface area contributed by atoms with Gasteiger partial charge >= 0.3 is 0 Å². The molecule has 0 saturated heterocycles. The van der Waals surface area contributed by atoms with Gasteiger partial charge in [0.2, 0.25) is 0 Å². The Morgan fingerprint density at radius 3 is 1.77 bits per heavy atom. The summed E-state index contributed by atoms with van der Waals surface area (Å²) < 4.78 is 0. The Morgan fingerprint density at radius 2 is 1.23 bits per heavy atom. The smallest absolute Gasteiger partial charge is 0.118 e. The Kier molecular flexibility index (Phi) is 11.5. The number of phenols is 1. The second-order valence-electron chi connectivity index (χ2n) is 6.35. The van der Waals surface area contributed by atoms with E-state index in [9.17, 15) is 5.11 Å². The Labute approximate surface area is 137 Å². The summed E-state index contributed by atoms with van der Waals surface area (Å²) in [5.41, 5.74) is 1.10. The second kappa shape index (κ2) is 13.4. The van der Waals surface area contributed by atoms with E-state index < -0.39 is 0 Å². The fraction of sp³-hybridized carbons (Fsp3) is 0.619. The molecule has 1 heteroatoms. The van der Waals surface area contributed by atoms with Crippen LogP contribution in [0.2, 0.25) is 0 Å². The SMILES string of the molecule is C=CCCCCCCCCCCCCCc1ccccc1O. The highest BCUT2D eigenvalue weighted by Crippen LogP contribution is 2.19. The number of phenolic OH excluding ortho intramolecular Hbond substituents is 1. The van der Waals surface area contributed by atoms with Crippen molar-refractivity contribution < 1.29 is 5.11 Å². The minimum Gasteiger partial charge on any atom is -0.508 e. The number of hydrogen-bond donors (Lipinski definition) is 1. The van der Waals surface area contributed by atoms with Gasteiger partial charge in [-0.1, -0.05) is 82.1 Å². The zero-order valence-corrected chi connectivity index (χ0v) is 14.2. The monoisotopic (exact) mass is 302 g/mol. The highest BCUT2D eigenvalue weighted by molar-refractivity contribution is 5.31. The van der Waals surface area contributed by atoms with Gasteiger partial charge in [-0.25, -0.2) is 0 Å². The summed E-state index contributed by atoms with van der Waals surface area (Å²) >= 11 is 0. The van der Waals surface area contributed by atoms with Crippen LogP contribution in [0.5, 0.6) is 5.75 Å². The zero-order chi connectivity index (χ0) is 15.9. The highest BCUT2D eigenvalue weighted by Gasteiger charge is 1.99. The third-order valence-corrected chi connectivity index (χ3v) is 4.35. The summed E-state index contributed by atoms with van der Waals surface area (Å²) in [6.07, 6.45) is 19.1. The molecule has 1 rings (SSSR count). The minimum atomic E-state index is 0.454. The van der Waals surface area contributed by atoms with Gasteiger partial charge in [0.15, 0.2) is 0 Å². The van der Waals surface area contributed by atoms with Gasteiger partial charge in [-0.2, -0.15) is 0 Å². The molecule has 0 spiro atoms. The maximum absolute atomic E-state index is 9.70. The lowest BCUT2D eigenvalue weighted by atomic mass is 10.0. The number of rotatable bonds is 14. The summed E-state index contributed by atoms with van der Waals surface area (Å²) in [7, 11) is 0. The average molecular weight is 303 g/mol. The molecule has 0 atom stereocenters. The molecule has 0 heterocycles. The first-order valence-corrected chi connectivity index (χ1v) is 9.22. The van der Waals surface area contributed by atoms with Crippen LogP contribution in [0, 0.1) is 0 Å². The van der Waals surface area contributed by atoms with E-state index in [0.29, 0.717) is 5.75 Å². The minimum absolute atomic E-state index is 0.454. The largest absolute Gasteiger partial charge is 0.508 e. The van der Waals surface area contributed by atoms with Crippen molar-refractivity contribution in [2.45, 2.75) is 83.5 Å². The Morgan fingerprint density at radius 1 is 0.727 bits per heavy atom. The summed E-state index contributed by atoms with van der Waals surface area (Å²) in [6.45, 7) is 3.76. The molecule has 1 aromatic rings. The summed E-state index contributed by atoms with van der Waals surface area (Å²) in [5.74, 6) is 0.454. The molecule has 124 valence electrons. The van der Waals surface area contributed by atoms with Gasteiger partial charge in [0.05, 0.1) is 0 Å². The van der Waals surface area contributed by atoms with Crippen LogP contribution in [0.3, 0.4) is 0 Å². The van der Waals surface area contributed by atoms with Crippen LogP contribution < -0.4 is 0 Å². The quantitative estimate of drug-likeness (QED) is 0.296. The van der Waals surface area contributed by atoms with Crippen LogP contribution in [0.4, 0.5) is 0 Å². The van der Waals surface area contributed by atoms with Gasteiger partial charge in [-0.3, -0.25) is 0 Å². The lowest BCUT2D eigenvalue weighted by molar-refractivity contribution is 0.466. The van der Waals surface area contributed by atoms with Crippen molar-refractivity contribution in [2.75, 3.05) is 0 Å². The summed E-state index contributed by atoms with van der Waals surface area (Å²) in [4.78, 5) is 0. The summed E-state index contributed by atoms with van der Waals surface area (Å²) in [6, 6.07) is 7.71. The molecule has 0 bridgehead atoms. The first kappa shape index (κ1) is 18.8. The highest BCUT2D eigenvalue weighted by atomic mass is 16.3. The fourth-order valence-corrected chi connectivity index (χ4v) is 2.92. The van der Waals surface area contributed by atoms with E-state index in [4.69, 9.17) is 0 Å². The Bertz CT molecular complexity index is 383. The maximum Gasteiger partial charge on any atom is 0.118 e. The van der Waals surface area contributed by atoms with E-state index in [2.05, 4.69) is 6.58 Å². The van der Waals surface area contributed by atoms with E-state index in [1.807, 2.05) is 24.3 Å². The number of aryl methyl sites for hydroxylation is 1. The topological polar surface area (TPSA) is 20.2 Å². The molecule has 0 amide bonds. The molecule has 1 aromatic carbocycles. The predicted octanol–water partition coefficient (Wildman–Crippen LogP) is 6.80. The molecule has 0 radical (unpaired) electrons. The molecule has 0 aliphatic carbocycles. The van der Waals surface area contributed by atoms with E-state index in [1.165, 1.54) is 77.0 Å². The third-order valence-electron chi connectivity index (χ3n) is 4.35. The molecule has 0 fully saturated rings. The lowest BCUT2D eigenvalue weighted by Gasteiger charge is -2.04. The fourth-order valence-electron chi connectivity index (χ4n) is 2.92. The number of unbranched alkanes of at least 4 members (excludes halogenated alkanes) is 11. The summed E-state index contributed by atoms with van der Waals surface area (Å²) in [5, 5.41) is 9.70. The van der Waals surface area contributed by atoms with Crippen molar-refractivity contribution in [3.05, 3.63) is 42.5 Å². The van der Waals surface area contributed by atoms with Crippen LogP contribution >= 0.6 is 0 Å². The number of benzene rings is 1. The number of aromatic hydroxyl groups is 1. The van der Waals surface area contributed by atoms with Crippen molar-refractivity contribution in [2.24, 2.45) is 0 Å². The average Bonchev–Trinajstić information content (AvgIpc) is 2.53. The second-order valence-corrected chi connectivity index (χ2v) is 6.35. The molecule has 0 aliphatic heterocycles. The Hall–Kier alpha value is -1.24. The van der Waals surface area contributed by atoms with Crippen LogP contribution in [0.25, 0.3) is 0 Å². The van der Waals surface area contributed by atoms with E-state index in [0.717, 1.165) is 12.0 Å². The van der Waals surface area contributed by atoms with E-state index in [1.54, 1.807) is 6.07 Å². The normalized spacial score (nSPS) is 10.7. The van der Waals surface area contributed by atoms with Crippen molar-refractivity contribution in [3.8, 4) is 5.75 Å². The number of hydrogen-bond acceptors (Lipinski definition) is 1. The van der Waals surface area contributed by atoms with Crippen LogP contribution in [-0.2, 0) is 6.42 Å². The van der Waals surface area contributed by atoms with Crippen LogP contribution in [0.1, 0.15) is 82.6 Å². The third kappa shape index (κ3) is 9.65. The molecule has 0 unspecified atom stereocenters. The van der Waals surface area contributed by atoms with Gasteiger partial charge in [0.25, 0.3) is 0 Å². The lowest BCUT2D eigenvalue weighted by Crippen LogP contribution is -1.87. The standard InChI is InChI=1S/C21H34O/c1-2-3-4-5-6-7-8-9-10-11-12-13-14-17-20-18-15-16-19-21(20)22/h2,15-16,18-19,22H,1,3-14,17H2. The van der Waals surface area contributed by atoms with Gasteiger partial charge in [0, 0.05) is 0 Å². The predicted molar refractivity (Wildman–Crippen MR) is 97.4 cm³/mol. The van der Waals surface area contributed by atoms with E-state index >= 15 is 0 Å². The van der Waals surface area contributed by atoms with Crippen molar-refractivity contribution in [3.63, 3.8) is 0 Å². The van der Waals surface area contributed by atoms with Gasteiger partial charge in [-0.05, 0) is 37.3 Å². The molecule has 22 heavy (non-hydrogen) atoms. The molecule has 1 nitrogen and oxygen atoms in total. The first-order valence-electron chi connectivity index (χ1n) is 9.22. The first-order chi connectivity index (χ1) is 10.8. The number of allylic oxidation sites excluding steroid dienone is 1. The van der Waals surface area contributed by atoms with Gasteiger partial charge in [-0.15, -0.1) is 6.58 Å². The van der Waals surface area contributed by atoms with Gasteiger partial charge in [0.1, 0.15) is 5.75 Å². The van der Waals surface area contributed by atoms with Crippen molar-refractivity contribution >= 4 is 0 Å². The zero-order valence-electron chi connectivity index (χ0n) is 14.2. The van der Waals surface area contributed by atoms with Gasteiger partial charge < -0.3 is 5.11 Å². The van der Waals surface area contributed by atoms with E-state index in [-0.39, 0.29) is 0 Å².